The van der Waals surface area contributed by atoms with E-state index in [1.165, 1.54) is 5.69 Å². The molecule has 18 heavy (non-hydrogen) atoms. The van der Waals surface area contributed by atoms with Gasteiger partial charge in [0, 0.05) is 38.4 Å². The van der Waals surface area contributed by atoms with Crippen LogP contribution in [0, 0.1) is 5.92 Å². The minimum Gasteiger partial charge on any atom is -0.339 e. The van der Waals surface area contributed by atoms with E-state index in [2.05, 4.69) is 48.7 Å². The van der Waals surface area contributed by atoms with Gasteiger partial charge in [-0.05, 0) is 19.3 Å². The lowest BCUT2D eigenvalue weighted by molar-refractivity contribution is 0.462. The average molecular weight is 250 g/mol. The number of hydrogen-bond donors (Lipinski definition) is 1. The number of nitrogens with zero attached hydrogens (tertiary/aromatic N) is 3. The molecule has 102 valence electrons. The summed E-state index contributed by atoms with van der Waals surface area (Å²) in [6.07, 6.45) is 3.24. The molecular weight excluding hydrogens is 224 g/mol. The van der Waals surface area contributed by atoms with E-state index in [0.29, 0.717) is 12.0 Å². The predicted octanol–water partition coefficient (Wildman–Crippen LogP) is 1.90. The van der Waals surface area contributed by atoms with Crippen molar-refractivity contribution < 1.29 is 0 Å². The Labute approximate surface area is 110 Å². The second-order valence-electron chi connectivity index (χ2n) is 5.73. The second-order valence-corrected chi connectivity index (χ2v) is 5.73. The van der Waals surface area contributed by atoms with Crippen LogP contribution >= 0.6 is 0 Å². The first-order chi connectivity index (χ1) is 8.60. The highest BCUT2D eigenvalue weighted by atomic mass is 15.3. The quantitative estimate of drug-likeness (QED) is 0.886. The lowest BCUT2D eigenvalue weighted by atomic mass is 10.2. The highest BCUT2D eigenvalue weighted by molar-refractivity contribution is 5.35. The Balaban J connectivity index is 2.21. The minimum absolute atomic E-state index is 0.549. The summed E-state index contributed by atoms with van der Waals surface area (Å²) < 4.78 is 2.33. The van der Waals surface area contributed by atoms with Crippen molar-refractivity contribution in [3.05, 3.63) is 11.9 Å². The Kier molecular flexibility index (Phi) is 4.27. The third kappa shape index (κ3) is 3.05. The van der Waals surface area contributed by atoms with E-state index in [9.17, 15) is 0 Å². The molecule has 1 N–H and O–H groups in total. The van der Waals surface area contributed by atoms with Crippen molar-refractivity contribution >= 4 is 5.95 Å². The van der Waals surface area contributed by atoms with Gasteiger partial charge in [0.15, 0.2) is 0 Å². The molecule has 1 aromatic rings. The Morgan fingerprint density at radius 1 is 1.50 bits per heavy atom. The van der Waals surface area contributed by atoms with Crippen molar-refractivity contribution in [2.24, 2.45) is 5.92 Å². The number of aromatic nitrogens is 2. The van der Waals surface area contributed by atoms with E-state index < -0.39 is 0 Å². The largest absolute Gasteiger partial charge is 0.339 e. The van der Waals surface area contributed by atoms with E-state index in [4.69, 9.17) is 4.98 Å². The molecule has 4 heteroatoms. The van der Waals surface area contributed by atoms with Crippen molar-refractivity contribution in [1.82, 2.24) is 14.9 Å². The molecule has 0 aliphatic carbocycles. The molecular formula is C14H26N4. The molecule has 1 saturated heterocycles. The number of hydrogen-bond acceptors (Lipinski definition) is 3. The van der Waals surface area contributed by atoms with Gasteiger partial charge in [-0.2, -0.15) is 0 Å². The first-order valence-corrected chi connectivity index (χ1v) is 7.14. The minimum atomic E-state index is 0.549. The van der Waals surface area contributed by atoms with Crippen LogP contribution in [0.1, 0.15) is 33.4 Å². The molecule has 2 heterocycles. The summed E-state index contributed by atoms with van der Waals surface area (Å²) in [6.45, 7) is 13.2. The fourth-order valence-electron chi connectivity index (χ4n) is 2.52. The lowest BCUT2D eigenvalue weighted by Gasteiger charge is -2.33. The molecule has 0 spiro atoms. The summed E-state index contributed by atoms with van der Waals surface area (Å²) in [4.78, 5) is 7.22. The number of aryl methyl sites for hydroxylation is 1. The van der Waals surface area contributed by atoms with Gasteiger partial charge in [-0.1, -0.05) is 20.8 Å². The zero-order chi connectivity index (χ0) is 13.1. The maximum Gasteiger partial charge on any atom is 0.205 e. The van der Waals surface area contributed by atoms with E-state index >= 15 is 0 Å². The first-order valence-electron chi connectivity index (χ1n) is 7.14. The SMILES string of the molecule is CCc1cn(CC(C)C)c(N2CCN[C@@H](C)C2)n1. The molecule has 0 bridgehead atoms. The number of piperazine rings is 1. The Bertz CT molecular complexity index is 383. The van der Waals surface area contributed by atoms with E-state index in [1.807, 2.05) is 0 Å². The molecule has 0 radical (unpaired) electrons. The van der Waals surface area contributed by atoms with Crippen molar-refractivity contribution in [3.8, 4) is 0 Å². The molecule has 0 unspecified atom stereocenters. The van der Waals surface area contributed by atoms with Crippen molar-refractivity contribution in [2.45, 2.75) is 46.7 Å². The van der Waals surface area contributed by atoms with E-state index in [-0.39, 0.29) is 0 Å². The zero-order valence-corrected chi connectivity index (χ0v) is 12.1. The summed E-state index contributed by atoms with van der Waals surface area (Å²) in [5.74, 6) is 1.82. The third-order valence-corrected chi connectivity index (χ3v) is 3.38. The van der Waals surface area contributed by atoms with Gasteiger partial charge >= 0.3 is 0 Å². The van der Waals surface area contributed by atoms with Crippen LogP contribution in [0.3, 0.4) is 0 Å². The van der Waals surface area contributed by atoms with E-state index in [1.54, 1.807) is 0 Å². The molecule has 1 fully saturated rings. The average Bonchev–Trinajstić information content (AvgIpc) is 2.71. The molecule has 2 rings (SSSR count). The highest BCUT2D eigenvalue weighted by Gasteiger charge is 2.20. The molecule has 4 nitrogen and oxygen atoms in total. The zero-order valence-electron chi connectivity index (χ0n) is 12.1. The first kappa shape index (κ1) is 13.4. The lowest BCUT2D eigenvalue weighted by Crippen LogP contribution is -2.50. The molecule has 1 aliphatic heterocycles. The van der Waals surface area contributed by atoms with Crippen LogP contribution in [0.25, 0.3) is 0 Å². The van der Waals surface area contributed by atoms with Crippen LogP contribution in [-0.2, 0) is 13.0 Å². The van der Waals surface area contributed by atoms with Crippen LogP contribution in [0.4, 0.5) is 5.95 Å². The summed E-state index contributed by atoms with van der Waals surface area (Å²) >= 11 is 0. The van der Waals surface area contributed by atoms with E-state index in [0.717, 1.165) is 38.5 Å². The fraction of sp³-hybridized carbons (Fsp3) is 0.786. The fourth-order valence-corrected chi connectivity index (χ4v) is 2.52. The second kappa shape index (κ2) is 5.74. The van der Waals surface area contributed by atoms with Crippen molar-refractivity contribution in [3.63, 3.8) is 0 Å². The molecule has 0 amide bonds. The van der Waals surface area contributed by atoms with Gasteiger partial charge in [-0.25, -0.2) is 4.98 Å². The monoisotopic (exact) mass is 250 g/mol. The topological polar surface area (TPSA) is 33.1 Å². The number of imidazole rings is 1. The summed E-state index contributed by atoms with van der Waals surface area (Å²) in [5.41, 5.74) is 1.21. The third-order valence-electron chi connectivity index (χ3n) is 3.38. The van der Waals surface area contributed by atoms with Crippen molar-refractivity contribution in [1.29, 1.82) is 0 Å². The molecule has 0 aromatic carbocycles. The number of anilines is 1. The van der Waals surface area contributed by atoms with Crippen molar-refractivity contribution in [2.75, 3.05) is 24.5 Å². The van der Waals surface area contributed by atoms with Crippen LogP contribution in [0.5, 0.6) is 0 Å². The van der Waals surface area contributed by atoms with Gasteiger partial charge in [0.1, 0.15) is 0 Å². The smallest absolute Gasteiger partial charge is 0.205 e. The molecule has 1 atom stereocenters. The maximum absolute atomic E-state index is 4.80. The maximum atomic E-state index is 4.80. The molecule has 1 aromatic heterocycles. The highest BCUT2D eigenvalue weighted by Crippen LogP contribution is 2.18. The predicted molar refractivity (Wildman–Crippen MR) is 76.1 cm³/mol. The van der Waals surface area contributed by atoms with Crippen LogP contribution in [0.15, 0.2) is 6.20 Å². The van der Waals surface area contributed by atoms with Gasteiger partial charge < -0.3 is 14.8 Å². The Morgan fingerprint density at radius 3 is 2.89 bits per heavy atom. The van der Waals surface area contributed by atoms with Crippen LogP contribution < -0.4 is 10.2 Å². The Hall–Kier alpha value is -1.03. The van der Waals surface area contributed by atoms with Gasteiger partial charge in [0.25, 0.3) is 0 Å². The summed E-state index contributed by atoms with van der Waals surface area (Å²) in [7, 11) is 0. The summed E-state index contributed by atoms with van der Waals surface area (Å²) in [5, 5.41) is 3.48. The number of nitrogens with one attached hydrogen (secondary N) is 1. The van der Waals surface area contributed by atoms with Gasteiger partial charge in [0.2, 0.25) is 5.95 Å². The molecule has 0 saturated carbocycles. The van der Waals surface area contributed by atoms with Gasteiger partial charge in [-0.3, -0.25) is 0 Å². The Morgan fingerprint density at radius 2 is 2.28 bits per heavy atom. The van der Waals surface area contributed by atoms with Crippen LogP contribution in [-0.4, -0.2) is 35.2 Å². The molecule has 1 aliphatic rings. The van der Waals surface area contributed by atoms with Gasteiger partial charge in [0.05, 0.1) is 5.69 Å². The normalized spacial score (nSPS) is 20.7. The van der Waals surface area contributed by atoms with Crippen LogP contribution in [0.2, 0.25) is 0 Å². The summed E-state index contributed by atoms with van der Waals surface area (Å²) in [6, 6.07) is 0.549. The number of rotatable bonds is 4. The standard InChI is InChI=1S/C14H26N4/c1-5-13-10-18(8-11(2)3)14(16-13)17-7-6-15-12(4)9-17/h10-12,15H,5-9H2,1-4H3/t12-/m0/s1. The van der Waals surface area contributed by atoms with Gasteiger partial charge in [-0.15, -0.1) is 0 Å².